The Morgan fingerprint density at radius 2 is 2.15 bits per heavy atom. The van der Waals surface area contributed by atoms with Crippen molar-refractivity contribution in [2.75, 3.05) is 12.9 Å². The zero-order chi connectivity index (χ0) is 15.1. The molecule has 1 aliphatic rings. The van der Waals surface area contributed by atoms with E-state index in [1.807, 2.05) is 0 Å². The number of benzene rings is 1. The molecule has 110 valence electrons. The summed E-state index contributed by atoms with van der Waals surface area (Å²) in [6.45, 7) is 1.80. The van der Waals surface area contributed by atoms with Crippen LogP contribution in [0.4, 0.5) is 0 Å². The van der Waals surface area contributed by atoms with E-state index in [0.29, 0.717) is 10.6 Å². The third kappa shape index (κ3) is 2.43. The maximum Gasteiger partial charge on any atom is 0.328 e. The standard InChI is InChI=1S/C13H16ClNO4S/c1-3-19-12(16)13(15)10(11(13)20(2,17)18)8-5-4-6-9(14)7-8/h4-7,10-11H,3,15H2,1-2H3/t10-,11+,13-/m0/s1. The molecule has 1 fully saturated rings. The molecule has 0 unspecified atom stereocenters. The lowest BCUT2D eigenvalue weighted by atomic mass is 10.1. The largest absolute Gasteiger partial charge is 0.465 e. The quantitative estimate of drug-likeness (QED) is 0.841. The maximum absolute atomic E-state index is 12.0. The summed E-state index contributed by atoms with van der Waals surface area (Å²) in [5.74, 6) is -1.32. The van der Waals surface area contributed by atoms with Crippen molar-refractivity contribution in [1.82, 2.24) is 0 Å². The van der Waals surface area contributed by atoms with E-state index < -0.39 is 32.5 Å². The topological polar surface area (TPSA) is 86.5 Å². The van der Waals surface area contributed by atoms with Gasteiger partial charge in [-0.05, 0) is 24.6 Å². The van der Waals surface area contributed by atoms with Gasteiger partial charge in [0.15, 0.2) is 9.84 Å². The Morgan fingerprint density at radius 3 is 2.65 bits per heavy atom. The SMILES string of the molecule is CCOC(=O)[C@@]1(N)[C@H](S(C)(=O)=O)[C@@H]1c1cccc(Cl)c1. The van der Waals surface area contributed by atoms with Gasteiger partial charge in [0.25, 0.3) is 0 Å². The van der Waals surface area contributed by atoms with Crippen LogP contribution < -0.4 is 5.73 Å². The molecule has 0 aliphatic heterocycles. The van der Waals surface area contributed by atoms with Crippen molar-refractivity contribution in [3.8, 4) is 0 Å². The normalized spacial score (nSPS) is 29.0. The van der Waals surface area contributed by atoms with E-state index in [9.17, 15) is 13.2 Å². The van der Waals surface area contributed by atoms with Gasteiger partial charge < -0.3 is 10.5 Å². The lowest BCUT2D eigenvalue weighted by molar-refractivity contribution is -0.145. The molecule has 1 aromatic carbocycles. The van der Waals surface area contributed by atoms with Crippen LogP contribution in [0.1, 0.15) is 18.4 Å². The fraction of sp³-hybridized carbons (Fsp3) is 0.462. The molecule has 1 aliphatic carbocycles. The van der Waals surface area contributed by atoms with Gasteiger partial charge in [-0.1, -0.05) is 23.7 Å². The van der Waals surface area contributed by atoms with Crippen molar-refractivity contribution in [3.05, 3.63) is 34.9 Å². The highest BCUT2D eigenvalue weighted by molar-refractivity contribution is 7.91. The van der Waals surface area contributed by atoms with Crippen LogP contribution in [0.3, 0.4) is 0 Å². The van der Waals surface area contributed by atoms with Crippen LogP contribution in [0.25, 0.3) is 0 Å². The van der Waals surface area contributed by atoms with Crippen molar-refractivity contribution in [2.45, 2.75) is 23.6 Å². The van der Waals surface area contributed by atoms with Gasteiger partial charge in [0.2, 0.25) is 0 Å². The molecular formula is C13H16ClNO4S. The Morgan fingerprint density at radius 1 is 1.50 bits per heavy atom. The Labute approximate surface area is 123 Å². The summed E-state index contributed by atoms with van der Waals surface area (Å²) in [6.07, 6.45) is 1.07. The molecule has 3 atom stereocenters. The molecule has 0 heterocycles. The zero-order valence-electron chi connectivity index (χ0n) is 11.2. The van der Waals surface area contributed by atoms with Crippen LogP contribution in [0.5, 0.6) is 0 Å². The van der Waals surface area contributed by atoms with E-state index in [1.165, 1.54) is 0 Å². The Hall–Kier alpha value is -1.11. The first kappa shape index (κ1) is 15.3. The van der Waals surface area contributed by atoms with E-state index in [4.69, 9.17) is 22.1 Å². The molecule has 0 spiro atoms. The van der Waals surface area contributed by atoms with Crippen LogP contribution in [0.15, 0.2) is 24.3 Å². The summed E-state index contributed by atoms with van der Waals surface area (Å²) >= 11 is 5.91. The van der Waals surface area contributed by atoms with E-state index in [2.05, 4.69) is 0 Å². The van der Waals surface area contributed by atoms with Crippen molar-refractivity contribution >= 4 is 27.4 Å². The number of halogens is 1. The molecule has 0 amide bonds. The summed E-state index contributed by atoms with van der Waals surface area (Å²) < 4.78 is 28.6. The minimum Gasteiger partial charge on any atom is -0.465 e. The van der Waals surface area contributed by atoms with Crippen molar-refractivity contribution in [3.63, 3.8) is 0 Å². The predicted octanol–water partition coefficient (Wildman–Crippen LogP) is 1.11. The number of carbonyl (C=O) groups excluding carboxylic acids is 1. The molecule has 2 N–H and O–H groups in total. The van der Waals surface area contributed by atoms with Gasteiger partial charge in [-0.3, -0.25) is 0 Å². The Bertz CT molecular complexity index is 646. The third-order valence-corrected chi connectivity index (χ3v) is 5.30. The van der Waals surface area contributed by atoms with Gasteiger partial charge in [-0.2, -0.15) is 0 Å². The highest BCUT2D eigenvalue weighted by atomic mass is 35.5. The summed E-state index contributed by atoms with van der Waals surface area (Å²) in [7, 11) is -3.48. The van der Waals surface area contributed by atoms with E-state index >= 15 is 0 Å². The number of carbonyl (C=O) groups is 1. The average Bonchev–Trinajstić information content (AvgIpc) is 2.98. The smallest absolute Gasteiger partial charge is 0.328 e. The molecular weight excluding hydrogens is 302 g/mol. The zero-order valence-corrected chi connectivity index (χ0v) is 12.7. The molecule has 0 bridgehead atoms. The summed E-state index contributed by atoms with van der Waals surface area (Å²) in [5.41, 5.74) is 5.13. The van der Waals surface area contributed by atoms with Crippen LogP contribution in [-0.4, -0.2) is 38.0 Å². The number of nitrogens with two attached hydrogens (primary N) is 1. The number of sulfone groups is 1. The predicted molar refractivity (Wildman–Crippen MR) is 76.4 cm³/mol. The van der Waals surface area contributed by atoms with Crippen molar-refractivity contribution < 1.29 is 17.9 Å². The average molecular weight is 318 g/mol. The number of hydrogen-bond acceptors (Lipinski definition) is 5. The van der Waals surface area contributed by atoms with Crippen LogP contribution in [0.2, 0.25) is 5.02 Å². The second-order valence-electron chi connectivity index (χ2n) is 4.94. The molecule has 2 rings (SSSR count). The van der Waals surface area contributed by atoms with E-state index in [1.54, 1.807) is 31.2 Å². The summed E-state index contributed by atoms with van der Waals surface area (Å²) in [6, 6.07) is 6.70. The van der Waals surface area contributed by atoms with Gasteiger partial charge >= 0.3 is 5.97 Å². The molecule has 0 aromatic heterocycles. The van der Waals surface area contributed by atoms with Gasteiger partial charge in [0.1, 0.15) is 5.54 Å². The molecule has 20 heavy (non-hydrogen) atoms. The third-order valence-electron chi connectivity index (χ3n) is 3.48. The number of rotatable bonds is 4. The van der Waals surface area contributed by atoms with Crippen molar-refractivity contribution in [1.29, 1.82) is 0 Å². The Balaban J connectivity index is 2.44. The second-order valence-corrected chi connectivity index (χ2v) is 7.54. The van der Waals surface area contributed by atoms with Gasteiger partial charge in [-0.25, -0.2) is 13.2 Å². The van der Waals surface area contributed by atoms with Crippen molar-refractivity contribution in [2.24, 2.45) is 5.73 Å². The maximum atomic E-state index is 12.0. The van der Waals surface area contributed by atoms with Crippen LogP contribution in [0, 0.1) is 0 Å². The fourth-order valence-corrected chi connectivity index (χ4v) is 4.57. The number of esters is 1. The van der Waals surface area contributed by atoms with E-state index in [0.717, 1.165) is 6.26 Å². The van der Waals surface area contributed by atoms with Gasteiger partial charge in [0.05, 0.1) is 11.9 Å². The first-order valence-electron chi connectivity index (χ1n) is 6.13. The monoisotopic (exact) mass is 317 g/mol. The highest BCUT2D eigenvalue weighted by Crippen LogP contribution is 2.54. The molecule has 1 aromatic rings. The van der Waals surface area contributed by atoms with Crippen LogP contribution in [-0.2, 0) is 19.4 Å². The van der Waals surface area contributed by atoms with Crippen LogP contribution >= 0.6 is 11.6 Å². The molecule has 0 saturated heterocycles. The molecule has 5 nitrogen and oxygen atoms in total. The van der Waals surface area contributed by atoms with Gasteiger partial charge in [0, 0.05) is 17.2 Å². The minimum absolute atomic E-state index is 0.149. The first-order chi connectivity index (χ1) is 9.22. The van der Waals surface area contributed by atoms with Gasteiger partial charge in [-0.15, -0.1) is 0 Å². The molecule has 0 radical (unpaired) electrons. The molecule has 1 saturated carbocycles. The van der Waals surface area contributed by atoms with E-state index in [-0.39, 0.29) is 6.61 Å². The minimum atomic E-state index is -3.48. The summed E-state index contributed by atoms with van der Waals surface area (Å²) in [4.78, 5) is 12.0. The number of hydrogen-bond donors (Lipinski definition) is 1. The second kappa shape index (κ2) is 5.02. The fourth-order valence-electron chi connectivity index (χ4n) is 2.63. The summed E-state index contributed by atoms with van der Waals surface area (Å²) in [5, 5.41) is -0.514. The lowest BCUT2D eigenvalue weighted by Gasteiger charge is -2.10. The lowest BCUT2D eigenvalue weighted by Crippen LogP contribution is -2.41. The number of ether oxygens (including phenoxy) is 1. The first-order valence-corrected chi connectivity index (χ1v) is 8.46. The highest BCUT2D eigenvalue weighted by Gasteiger charge is 2.73. The molecule has 7 heteroatoms. The Kier molecular flexibility index (Phi) is 3.83.